The first-order valence-electron chi connectivity index (χ1n) is 4.69. The standard InChI is InChI=1S/C10H12N4S/c1-2-15-7-10-13-6-9(14-10)3-8(4-11)5-12/h6,8H,2-3,7H2,1H3,(H,13,14). The Bertz CT molecular complexity index is 371. The second kappa shape index (κ2) is 6.10. The minimum Gasteiger partial charge on any atom is -0.345 e. The van der Waals surface area contributed by atoms with Crippen LogP contribution in [0.4, 0.5) is 0 Å². The van der Waals surface area contributed by atoms with Crippen LogP contribution in [0.2, 0.25) is 0 Å². The van der Waals surface area contributed by atoms with Gasteiger partial charge in [-0.3, -0.25) is 0 Å². The lowest BCUT2D eigenvalue weighted by atomic mass is 10.1. The average molecular weight is 220 g/mol. The molecule has 0 aliphatic heterocycles. The zero-order chi connectivity index (χ0) is 11.1. The number of hydrogen-bond donors (Lipinski definition) is 1. The summed E-state index contributed by atoms with van der Waals surface area (Å²) < 4.78 is 0. The van der Waals surface area contributed by atoms with Gasteiger partial charge in [-0.1, -0.05) is 6.92 Å². The lowest BCUT2D eigenvalue weighted by Gasteiger charge is -1.96. The van der Waals surface area contributed by atoms with E-state index in [1.165, 1.54) is 0 Å². The van der Waals surface area contributed by atoms with Crippen molar-refractivity contribution in [1.82, 2.24) is 9.97 Å². The lowest BCUT2D eigenvalue weighted by Crippen LogP contribution is -1.98. The van der Waals surface area contributed by atoms with Crippen molar-refractivity contribution in [3.05, 3.63) is 17.7 Å². The van der Waals surface area contributed by atoms with Crippen LogP contribution in [0.15, 0.2) is 6.20 Å². The highest BCUT2D eigenvalue weighted by Gasteiger charge is 2.08. The van der Waals surface area contributed by atoms with Crippen LogP contribution in [0.5, 0.6) is 0 Å². The van der Waals surface area contributed by atoms with E-state index >= 15 is 0 Å². The summed E-state index contributed by atoms with van der Waals surface area (Å²) in [5.41, 5.74) is 0.856. The van der Waals surface area contributed by atoms with Gasteiger partial charge in [-0.05, 0) is 5.75 Å². The summed E-state index contributed by atoms with van der Waals surface area (Å²) in [6, 6.07) is 3.88. The molecule has 4 nitrogen and oxygen atoms in total. The van der Waals surface area contributed by atoms with E-state index in [-0.39, 0.29) is 0 Å². The second-order valence-corrected chi connectivity index (χ2v) is 4.28. The van der Waals surface area contributed by atoms with Crippen molar-refractivity contribution in [3.63, 3.8) is 0 Å². The van der Waals surface area contributed by atoms with Crippen LogP contribution in [0.1, 0.15) is 18.4 Å². The maximum atomic E-state index is 8.62. The van der Waals surface area contributed by atoms with Gasteiger partial charge < -0.3 is 4.98 Å². The Hall–Kier alpha value is -1.46. The number of aromatic amines is 1. The third-order valence-electron chi connectivity index (χ3n) is 1.86. The summed E-state index contributed by atoms with van der Waals surface area (Å²) in [4.78, 5) is 7.29. The topological polar surface area (TPSA) is 76.3 Å². The van der Waals surface area contributed by atoms with Gasteiger partial charge in [0.2, 0.25) is 0 Å². The third-order valence-corrected chi connectivity index (χ3v) is 2.75. The maximum absolute atomic E-state index is 8.62. The number of aromatic nitrogens is 2. The van der Waals surface area contributed by atoms with Crippen molar-refractivity contribution in [3.8, 4) is 12.1 Å². The molecule has 1 N–H and O–H groups in total. The highest BCUT2D eigenvalue weighted by Crippen LogP contribution is 2.10. The molecule has 0 aliphatic carbocycles. The van der Waals surface area contributed by atoms with Gasteiger partial charge in [-0.2, -0.15) is 22.3 Å². The number of hydrogen-bond acceptors (Lipinski definition) is 4. The highest BCUT2D eigenvalue weighted by molar-refractivity contribution is 7.98. The summed E-state index contributed by atoms with van der Waals surface area (Å²) in [6.45, 7) is 2.09. The van der Waals surface area contributed by atoms with Gasteiger partial charge in [0.25, 0.3) is 0 Å². The molecule has 0 bridgehead atoms. The first kappa shape index (κ1) is 11.6. The van der Waals surface area contributed by atoms with Crippen LogP contribution in [-0.4, -0.2) is 15.7 Å². The molecule has 1 rings (SSSR count). The summed E-state index contributed by atoms with van der Waals surface area (Å²) in [6.07, 6.45) is 2.13. The number of H-pyrrole nitrogens is 1. The molecule has 0 amide bonds. The van der Waals surface area contributed by atoms with Crippen LogP contribution < -0.4 is 0 Å². The smallest absolute Gasteiger partial charge is 0.138 e. The monoisotopic (exact) mass is 220 g/mol. The number of nitrogens with one attached hydrogen (secondary N) is 1. The van der Waals surface area contributed by atoms with Crippen molar-refractivity contribution >= 4 is 11.8 Å². The Morgan fingerprint density at radius 2 is 2.27 bits per heavy atom. The van der Waals surface area contributed by atoms with Gasteiger partial charge in [-0.15, -0.1) is 0 Å². The van der Waals surface area contributed by atoms with Gasteiger partial charge in [0.15, 0.2) is 0 Å². The van der Waals surface area contributed by atoms with Gasteiger partial charge in [-0.25, -0.2) is 4.98 Å². The zero-order valence-electron chi connectivity index (χ0n) is 8.53. The molecule has 0 atom stereocenters. The predicted molar refractivity (Wildman–Crippen MR) is 58.8 cm³/mol. The summed E-state index contributed by atoms with van der Waals surface area (Å²) in [5.74, 6) is 2.22. The van der Waals surface area contributed by atoms with E-state index in [9.17, 15) is 0 Å². The van der Waals surface area contributed by atoms with E-state index in [1.807, 2.05) is 12.1 Å². The van der Waals surface area contributed by atoms with Crippen LogP contribution in [0, 0.1) is 28.6 Å². The van der Waals surface area contributed by atoms with Crippen molar-refractivity contribution in [2.24, 2.45) is 5.92 Å². The molecule has 1 aromatic heterocycles. The molecule has 1 aromatic rings. The number of imidazole rings is 1. The number of thioether (sulfide) groups is 1. The van der Waals surface area contributed by atoms with E-state index in [0.29, 0.717) is 6.42 Å². The molecule has 78 valence electrons. The summed E-state index contributed by atoms with van der Waals surface area (Å²) in [7, 11) is 0. The van der Waals surface area contributed by atoms with Gasteiger partial charge in [0.05, 0.1) is 17.9 Å². The van der Waals surface area contributed by atoms with E-state index in [1.54, 1.807) is 18.0 Å². The predicted octanol–water partition coefficient (Wildman–Crippen LogP) is 1.87. The first-order chi connectivity index (χ1) is 7.30. The largest absolute Gasteiger partial charge is 0.345 e. The Balaban J connectivity index is 2.54. The fraction of sp³-hybridized carbons (Fsp3) is 0.500. The van der Waals surface area contributed by atoms with Crippen LogP contribution in [-0.2, 0) is 12.2 Å². The van der Waals surface area contributed by atoms with Crippen molar-refractivity contribution in [1.29, 1.82) is 10.5 Å². The Labute approximate surface area is 93.3 Å². The zero-order valence-corrected chi connectivity index (χ0v) is 9.34. The molecule has 0 spiro atoms. The Morgan fingerprint density at radius 1 is 1.53 bits per heavy atom. The molecule has 5 heteroatoms. The number of rotatable bonds is 5. The quantitative estimate of drug-likeness (QED) is 0.821. The molecular formula is C10H12N4S. The molecule has 0 aromatic carbocycles. The summed E-state index contributed by atoms with van der Waals surface area (Å²) >= 11 is 1.78. The number of nitriles is 2. The maximum Gasteiger partial charge on any atom is 0.138 e. The second-order valence-electron chi connectivity index (χ2n) is 3.01. The SMILES string of the molecule is CCSCc1ncc(CC(C#N)C#N)[nH]1. The molecule has 0 aliphatic rings. The third kappa shape index (κ3) is 3.65. The van der Waals surface area contributed by atoms with Crippen LogP contribution in [0.25, 0.3) is 0 Å². The fourth-order valence-corrected chi connectivity index (χ4v) is 1.67. The lowest BCUT2D eigenvalue weighted by molar-refractivity contribution is 0.810. The minimum absolute atomic E-state index is 0.427. The molecule has 0 saturated heterocycles. The first-order valence-corrected chi connectivity index (χ1v) is 5.85. The summed E-state index contributed by atoms with van der Waals surface area (Å²) in [5, 5.41) is 17.2. The highest BCUT2D eigenvalue weighted by atomic mass is 32.2. The molecule has 1 heterocycles. The van der Waals surface area contributed by atoms with E-state index < -0.39 is 5.92 Å². The van der Waals surface area contributed by atoms with E-state index in [4.69, 9.17) is 10.5 Å². The van der Waals surface area contributed by atoms with E-state index in [2.05, 4.69) is 16.9 Å². The van der Waals surface area contributed by atoms with Crippen molar-refractivity contribution < 1.29 is 0 Å². The average Bonchev–Trinajstić information content (AvgIpc) is 2.70. The van der Waals surface area contributed by atoms with Crippen molar-refractivity contribution in [2.45, 2.75) is 19.1 Å². The Morgan fingerprint density at radius 3 is 2.87 bits per heavy atom. The molecule has 15 heavy (non-hydrogen) atoms. The minimum atomic E-state index is -0.586. The van der Waals surface area contributed by atoms with Crippen LogP contribution >= 0.6 is 11.8 Å². The molecule has 0 unspecified atom stereocenters. The van der Waals surface area contributed by atoms with Gasteiger partial charge in [0, 0.05) is 18.3 Å². The number of nitrogens with zero attached hydrogens (tertiary/aromatic N) is 3. The van der Waals surface area contributed by atoms with Gasteiger partial charge in [0.1, 0.15) is 11.7 Å². The van der Waals surface area contributed by atoms with E-state index in [0.717, 1.165) is 23.0 Å². The molecule has 0 fully saturated rings. The fourth-order valence-electron chi connectivity index (χ4n) is 1.12. The van der Waals surface area contributed by atoms with Gasteiger partial charge >= 0.3 is 0 Å². The molecular weight excluding hydrogens is 208 g/mol. The van der Waals surface area contributed by atoms with Crippen LogP contribution in [0.3, 0.4) is 0 Å². The molecule has 0 saturated carbocycles. The molecule has 0 radical (unpaired) electrons. The van der Waals surface area contributed by atoms with Crippen molar-refractivity contribution in [2.75, 3.05) is 5.75 Å². The normalized spacial score (nSPS) is 9.87. The Kier molecular flexibility index (Phi) is 4.73.